The highest BCUT2D eigenvalue weighted by molar-refractivity contribution is 7.07. The van der Waals surface area contributed by atoms with Crippen molar-refractivity contribution in [2.45, 2.75) is 31.7 Å². The van der Waals surface area contributed by atoms with Crippen LogP contribution in [0.5, 0.6) is 0 Å². The van der Waals surface area contributed by atoms with Crippen molar-refractivity contribution in [2.75, 3.05) is 13.2 Å². The topological polar surface area (TPSA) is 85.6 Å². The molecule has 1 fully saturated rings. The number of furan rings is 1. The van der Waals surface area contributed by atoms with E-state index in [1.54, 1.807) is 17.8 Å². The Kier molecular flexibility index (Phi) is 5.62. The van der Waals surface area contributed by atoms with Gasteiger partial charge in [0.1, 0.15) is 11.9 Å². The van der Waals surface area contributed by atoms with Crippen molar-refractivity contribution in [1.29, 1.82) is 0 Å². The van der Waals surface area contributed by atoms with Gasteiger partial charge in [0.05, 0.1) is 43.3 Å². The summed E-state index contributed by atoms with van der Waals surface area (Å²) in [5.41, 5.74) is 2.66. The summed E-state index contributed by atoms with van der Waals surface area (Å²) in [5.74, 6) is 0.712. The molecule has 7 nitrogen and oxygen atoms in total. The quantitative estimate of drug-likeness (QED) is 0.841. The predicted molar refractivity (Wildman–Crippen MR) is 84.0 cm³/mol. The standard InChI is InChI=1S/C15H19N3O4S/c19-15(16-6-12-2-1-4-21-12)18-13-3-5-20-8-14(13)22-7-11-9-23-10-17-11/h1-2,4,9-10,13-14H,3,5-8H2,(H2,16,18,19)/t13-,14-/m1/s1. The molecule has 0 bridgehead atoms. The van der Waals surface area contributed by atoms with E-state index >= 15 is 0 Å². The Morgan fingerprint density at radius 3 is 3.26 bits per heavy atom. The lowest BCUT2D eigenvalue weighted by Gasteiger charge is -2.31. The number of carbonyl (C=O) groups excluding carboxylic acids is 1. The fraction of sp³-hybridized carbons (Fsp3) is 0.467. The number of hydrogen-bond acceptors (Lipinski definition) is 6. The van der Waals surface area contributed by atoms with Gasteiger partial charge < -0.3 is 24.5 Å². The zero-order valence-corrected chi connectivity index (χ0v) is 13.4. The first-order valence-corrected chi connectivity index (χ1v) is 8.38. The number of nitrogens with one attached hydrogen (secondary N) is 2. The number of urea groups is 1. The van der Waals surface area contributed by atoms with E-state index in [1.807, 2.05) is 11.4 Å². The van der Waals surface area contributed by atoms with Crippen LogP contribution in [-0.4, -0.2) is 36.4 Å². The number of thiazole rings is 1. The van der Waals surface area contributed by atoms with Crippen molar-refractivity contribution >= 4 is 17.4 Å². The number of nitrogens with zero attached hydrogens (tertiary/aromatic N) is 1. The van der Waals surface area contributed by atoms with Crippen LogP contribution in [0.2, 0.25) is 0 Å². The van der Waals surface area contributed by atoms with E-state index in [0.29, 0.717) is 32.1 Å². The Bertz CT molecular complexity index is 588. The molecule has 0 unspecified atom stereocenters. The van der Waals surface area contributed by atoms with Crippen LogP contribution >= 0.6 is 11.3 Å². The first-order valence-electron chi connectivity index (χ1n) is 7.44. The van der Waals surface area contributed by atoms with E-state index in [4.69, 9.17) is 13.9 Å². The molecule has 2 N–H and O–H groups in total. The van der Waals surface area contributed by atoms with E-state index in [9.17, 15) is 4.79 Å². The highest BCUT2D eigenvalue weighted by atomic mass is 32.1. The molecular formula is C15H19N3O4S. The fourth-order valence-electron chi connectivity index (χ4n) is 2.34. The van der Waals surface area contributed by atoms with Crippen molar-refractivity contribution in [3.8, 4) is 0 Å². The number of ether oxygens (including phenoxy) is 2. The summed E-state index contributed by atoms with van der Waals surface area (Å²) >= 11 is 1.53. The van der Waals surface area contributed by atoms with Crippen molar-refractivity contribution in [1.82, 2.24) is 15.6 Å². The smallest absolute Gasteiger partial charge is 0.315 e. The Morgan fingerprint density at radius 1 is 1.52 bits per heavy atom. The average molecular weight is 337 g/mol. The maximum atomic E-state index is 12.0. The number of hydrogen-bond donors (Lipinski definition) is 2. The molecule has 2 amide bonds. The van der Waals surface area contributed by atoms with Crippen molar-refractivity contribution in [2.24, 2.45) is 0 Å². The first-order chi connectivity index (χ1) is 11.3. The van der Waals surface area contributed by atoms with Gasteiger partial charge in [0, 0.05) is 12.0 Å². The molecule has 3 rings (SSSR count). The van der Waals surface area contributed by atoms with Crippen LogP contribution in [0.1, 0.15) is 17.9 Å². The van der Waals surface area contributed by atoms with Crippen molar-refractivity contribution in [3.05, 3.63) is 40.7 Å². The highest BCUT2D eigenvalue weighted by Gasteiger charge is 2.28. The third-order valence-corrected chi connectivity index (χ3v) is 4.19. The molecule has 0 saturated carbocycles. The molecule has 0 aliphatic carbocycles. The third kappa shape index (κ3) is 4.78. The fourth-order valence-corrected chi connectivity index (χ4v) is 2.89. The molecule has 2 aromatic rings. The van der Waals surface area contributed by atoms with Gasteiger partial charge >= 0.3 is 6.03 Å². The van der Waals surface area contributed by atoms with Crippen LogP contribution in [0.3, 0.4) is 0 Å². The Balaban J connectivity index is 1.46. The SMILES string of the molecule is O=C(NCc1ccco1)N[C@@H]1CCOC[C@H]1OCc1cscn1. The summed E-state index contributed by atoms with van der Waals surface area (Å²) in [7, 11) is 0. The molecule has 23 heavy (non-hydrogen) atoms. The van der Waals surface area contributed by atoms with Gasteiger partial charge in [-0.25, -0.2) is 9.78 Å². The van der Waals surface area contributed by atoms with E-state index in [2.05, 4.69) is 15.6 Å². The van der Waals surface area contributed by atoms with E-state index in [0.717, 1.165) is 12.1 Å². The second kappa shape index (κ2) is 8.09. The molecule has 0 radical (unpaired) electrons. The minimum absolute atomic E-state index is 0.0843. The van der Waals surface area contributed by atoms with E-state index in [-0.39, 0.29) is 18.2 Å². The molecule has 0 spiro atoms. The van der Waals surface area contributed by atoms with Crippen molar-refractivity contribution < 1.29 is 18.7 Å². The normalized spacial score (nSPS) is 21.0. The van der Waals surface area contributed by atoms with Gasteiger partial charge in [0.25, 0.3) is 0 Å². The summed E-state index contributed by atoms with van der Waals surface area (Å²) in [6.45, 7) is 1.85. The third-order valence-electron chi connectivity index (χ3n) is 3.55. The summed E-state index contributed by atoms with van der Waals surface area (Å²) in [4.78, 5) is 16.2. The van der Waals surface area contributed by atoms with Crippen LogP contribution in [0.25, 0.3) is 0 Å². The Hall–Kier alpha value is -1.90. The van der Waals surface area contributed by atoms with E-state index < -0.39 is 0 Å². The van der Waals surface area contributed by atoms with Gasteiger partial charge in [0.15, 0.2) is 0 Å². The zero-order chi connectivity index (χ0) is 15.9. The number of amides is 2. The molecule has 8 heteroatoms. The van der Waals surface area contributed by atoms with Crippen LogP contribution < -0.4 is 10.6 Å². The molecule has 124 valence electrons. The lowest BCUT2D eigenvalue weighted by atomic mass is 10.1. The summed E-state index contributed by atoms with van der Waals surface area (Å²) in [6.07, 6.45) is 2.12. The summed E-state index contributed by atoms with van der Waals surface area (Å²) in [5, 5.41) is 7.67. The van der Waals surface area contributed by atoms with Gasteiger partial charge in [-0.3, -0.25) is 0 Å². The lowest BCUT2D eigenvalue weighted by molar-refractivity contribution is -0.0736. The molecule has 2 aromatic heterocycles. The summed E-state index contributed by atoms with van der Waals surface area (Å²) in [6, 6.07) is 3.28. The molecule has 3 heterocycles. The largest absolute Gasteiger partial charge is 0.467 e. The number of rotatable bonds is 6. The number of aromatic nitrogens is 1. The summed E-state index contributed by atoms with van der Waals surface area (Å²) < 4.78 is 16.5. The molecule has 1 aliphatic rings. The van der Waals surface area contributed by atoms with Crippen LogP contribution in [-0.2, 0) is 22.6 Å². The molecule has 1 aliphatic heterocycles. The maximum Gasteiger partial charge on any atom is 0.315 e. The predicted octanol–water partition coefficient (Wildman–Crippen LogP) is 1.91. The van der Waals surface area contributed by atoms with Gasteiger partial charge in [-0.1, -0.05) is 0 Å². The second-order valence-corrected chi connectivity index (χ2v) is 5.92. The van der Waals surface area contributed by atoms with Gasteiger partial charge in [-0.2, -0.15) is 0 Å². The monoisotopic (exact) mass is 337 g/mol. The molecule has 1 saturated heterocycles. The Labute approximate surface area is 138 Å². The van der Waals surface area contributed by atoms with Crippen molar-refractivity contribution in [3.63, 3.8) is 0 Å². The zero-order valence-electron chi connectivity index (χ0n) is 12.6. The minimum Gasteiger partial charge on any atom is -0.467 e. The van der Waals surface area contributed by atoms with Crippen LogP contribution in [0.15, 0.2) is 33.7 Å². The molecule has 0 aromatic carbocycles. The lowest BCUT2D eigenvalue weighted by Crippen LogP contribution is -2.52. The molecule has 2 atom stereocenters. The average Bonchev–Trinajstić information content (AvgIpc) is 3.26. The maximum absolute atomic E-state index is 12.0. The number of carbonyl (C=O) groups is 1. The van der Waals surface area contributed by atoms with Gasteiger partial charge in [-0.05, 0) is 18.6 Å². The van der Waals surface area contributed by atoms with Crippen LogP contribution in [0.4, 0.5) is 4.79 Å². The van der Waals surface area contributed by atoms with Gasteiger partial charge in [-0.15, -0.1) is 11.3 Å². The van der Waals surface area contributed by atoms with Crippen LogP contribution in [0, 0.1) is 0 Å². The molecular weight excluding hydrogens is 318 g/mol. The highest BCUT2D eigenvalue weighted by Crippen LogP contribution is 2.14. The Morgan fingerprint density at radius 2 is 2.48 bits per heavy atom. The second-order valence-electron chi connectivity index (χ2n) is 5.21. The first kappa shape index (κ1) is 16.0. The minimum atomic E-state index is -0.240. The van der Waals surface area contributed by atoms with E-state index in [1.165, 1.54) is 11.3 Å². The van der Waals surface area contributed by atoms with Gasteiger partial charge in [0.2, 0.25) is 0 Å².